The third-order valence-corrected chi connectivity index (χ3v) is 3.88. The first-order valence-corrected chi connectivity index (χ1v) is 7.72. The van der Waals surface area contributed by atoms with Gasteiger partial charge in [-0.2, -0.15) is 5.10 Å². The molecule has 1 atom stereocenters. The standard InChI is InChI=1S/C16H19N5O3/c1-17-16(23)12-3-4-13(18-9-12)14-10-20(7-8-24-14)15(22)11-21-6-2-5-19-21/h2-6,9,14H,7-8,10-11H2,1H3,(H,17,23)/t14-/m1/s1. The molecule has 1 aliphatic rings. The first-order valence-electron chi connectivity index (χ1n) is 7.72. The number of amides is 2. The summed E-state index contributed by atoms with van der Waals surface area (Å²) in [6, 6.07) is 5.25. The van der Waals surface area contributed by atoms with Gasteiger partial charge in [-0.1, -0.05) is 0 Å². The van der Waals surface area contributed by atoms with Crippen LogP contribution in [0, 0.1) is 0 Å². The quantitative estimate of drug-likeness (QED) is 0.868. The number of pyridine rings is 1. The van der Waals surface area contributed by atoms with Crippen LogP contribution in [0.1, 0.15) is 22.2 Å². The average Bonchev–Trinajstić information content (AvgIpc) is 3.14. The van der Waals surface area contributed by atoms with E-state index in [1.54, 1.807) is 47.2 Å². The maximum absolute atomic E-state index is 12.4. The number of rotatable bonds is 4. The van der Waals surface area contributed by atoms with Gasteiger partial charge in [0, 0.05) is 32.2 Å². The highest BCUT2D eigenvalue weighted by molar-refractivity contribution is 5.93. The van der Waals surface area contributed by atoms with Crippen LogP contribution in [0.5, 0.6) is 0 Å². The van der Waals surface area contributed by atoms with Gasteiger partial charge < -0.3 is 15.0 Å². The van der Waals surface area contributed by atoms with Crippen LogP contribution >= 0.6 is 0 Å². The SMILES string of the molecule is CNC(=O)c1ccc([C@H]2CN(C(=O)Cn3cccn3)CCO2)nc1. The topological polar surface area (TPSA) is 89.4 Å². The van der Waals surface area contributed by atoms with Gasteiger partial charge in [0.15, 0.2) is 0 Å². The van der Waals surface area contributed by atoms with Gasteiger partial charge in [0.2, 0.25) is 5.91 Å². The Kier molecular flexibility index (Phi) is 4.85. The van der Waals surface area contributed by atoms with Crippen LogP contribution in [0.25, 0.3) is 0 Å². The molecule has 8 heteroatoms. The number of ether oxygens (including phenoxy) is 1. The van der Waals surface area contributed by atoms with E-state index in [2.05, 4.69) is 15.4 Å². The minimum atomic E-state index is -0.293. The fourth-order valence-corrected chi connectivity index (χ4v) is 2.56. The van der Waals surface area contributed by atoms with E-state index in [9.17, 15) is 9.59 Å². The van der Waals surface area contributed by atoms with Crippen LogP contribution < -0.4 is 5.32 Å². The number of nitrogens with one attached hydrogen (secondary N) is 1. The monoisotopic (exact) mass is 329 g/mol. The predicted molar refractivity (Wildman–Crippen MR) is 85.1 cm³/mol. The maximum Gasteiger partial charge on any atom is 0.252 e. The van der Waals surface area contributed by atoms with Crippen molar-refractivity contribution in [3.05, 3.63) is 48.0 Å². The zero-order valence-corrected chi connectivity index (χ0v) is 13.4. The molecule has 0 aliphatic carbocycles. The van der Waals surface area contributed by atoms with Gasteiger partial charge in [-0.05, 0) is 18.2 Å². The lowest BCUT2D eigenvalue weighted by molar-refractivity contribution is -0.140. The first kappa shape index (κ1) is 16.1. The summed E-state index contributed by atoms with van der Waals surface area (Å²) >= 11 is 0. The fourth-order valence-electron chi connectivity index (χ4n) is 2.56. The van der Waals surface area contributed by atoms with Gasteiger partial charge in [-0.3, -0.25) is 19.3 Å². The summed E-state index contributed by atoms with van der Waals surface area (Å²) in [5.41, 5.74) is 1.20. The molecule has 3 heterocycles. The van der Waals surface area contributed by atoms with Gasteiger partial charge >= 0.3 is 0 Å². The number of morpholine rings is 1. The Hall–Kier alpha value is -2.74. The molecule has 0 aromatic carbocycles. The lowest BCUT2D eigenvalue weighted by Gasteiger charge is -2.32. The molecule has 0 spiro atoms. The Morgan fingerprint density at radius 1 is 1.42 bits per heavy atom. The minimum absolute atomic E-state index is 0.00557. The summed E-state index contributed by atoms with van der Waals surface area (Å²) in [5.74, 6) is -0.191. The van der Waals surface area contributed by atoms with E-state index in [-0.39, 0.29) is 24.5 Å². The second kappa shape index (κ2) is 7.22. The molecule has 2 aromatic heterocycles. The van der Waals surface area contributed by atoms with E-state index in [0.717, 1.165) is 0 Å². The molecule has 0 unspecified atom stereocenters. The molecule has 126 valence electrons. The van der Waals surface area contributed by atoms with Gasteiger partial charge in [0.1, 0.15) is 12.6 Å². The summed E-state index contributed by atoms with van der Waals surface area (Å²) in [6.07, 6.45) is 4.63. The molecule has 2 aromatic rings. The molecular weight excluding hydrogens is 310 g/mol. The zero-order chi connectivity index (χ0) is 16.9. The number of hydrogen-bond donors (Lipinski definition) is 1. The van der Waals surface area contributed by atoms with E-state index < -0.39 is 0 Å². The molecule has 0 radical (unpaired) electrons. The number of carbonyl (C=O) groups excluding carboxylic acids is 2. The molecule has 3 rings (SSSR count). The summed E-state index contributed by atoms with van der Waals surface area (Å²) in [7, 11) is 1.57. The Labute approximate surface area is 139 Å². The molecule has 1 fully saturated rings. The van der Waals surface area contributed by atoms with Crippen molar-refractivity contribution in [2.24, 2.45) is 0 Å². The van der Waals surface area contributed by atoms with Crippen LogP contribution in [0.4, 0.5) is 0 Å². The molecular formula is C16H19N5O3. The smallest absolute Gasteiger partial charge is 0.252 e. The second-order valence-electron chi connectivity index (χ2n) is 5.45. The van der Waals surface area contributed by atoms with E-state index >= 15 is 0 Å². The molecule has 1 N–H and O–H groups in total. The summed E-state index contributed by atoms with van der Waals surface area (Å²) < 4.78 is 7.33. The lowest BCUT2D eigenvalue weighted by atomic mass is 10.1. The van der Waals surface area contributed by atoms with E-state index in [0.29, 0.717) is 31.0 Å². The highest BCUT2D eigenvalue weighted by Crippen LogP contribution is 2.21. The van der Waals surface area contributed by atoms with E-state index in [1.807, 2.05) is 0 Å². The van der Waals surface area contributed by atoms with Crippen LogP contribution in [-0.4, -0.2) is 58.2 Å². The van der Waals surface area contributed by atoms with Gasteiger partial charge in [0.25, 0.3) is 5.91 Å². The Balaban J connectivity index is 1.64. The van der Waals surface area contributed by atoms with Gasteiger partial charge in [-0.15, -0.1) is 0 Å². The first-order chi connectivity index (χ1) is 11.7. The number of nitrogens with zero attached hydrogens (tertiary/aromatic N) is 4. The molecule has 2 amide bonds. The third kappa shape index (κ3) is 3.60. The zero-order valence-electron chi connectivity index (χ0n) is 13.4. The van der Waals surface area contributed by atoms with Crippen molar-refractivity contribution in [1.82, 2.24) is 25.0 Å². The van der Waals surface area contributed by atoms with E-state index in [1.165, 1.54) is 6.20 Å². The molecule has 0 saturated carbocycles. The largest absolute Gasteiger partial charge is 0.368 e. The van der Waals surface area contributed by atoms with Crippen molar-refractivity contribution in [3.63, 3.8) is 0 Å². The average molecular weight is 329 g/mol. The molecule has 0 bridgehead atoms. The third-order valence-electron chi connectivity index (χ3n) is 3.88. The van der Waals surface area contributed by atoms with Gasteiger partial charge in [-0.25, -0.2) is 0 Å². The number of carbonyl (C=O) groups is 2. The van der Waals surface area contributed by atoms with Crippen LogP contribution in [-0.2, 0) is 16.1 Å². The molecule has 1 aliphatic heterocycles. The van der Waals surface area contributed by atoms with E-state index in [4.69, 9.17) is 4.74 Å². The Morgan fingerprint density at radius 2 is 2.29 bits per heavy atom. The minimum Gasteiger partial charge on any atom is -0.368 e. The highest BCUT2D eigenvalue weighted by Gasteiger charge is 2.26. The summed E-state index contributed by atoms with van der Waals surface area (Å²) in [5, 5.41) is 6.60. The fraction of sp³-hybridized carbons (Fsp3) is 0.375. The normalized spacial score (nSPS) is 17.5. The predicted octanol–water partition coefficient (Wildman–Crippen LogP) is 0.238. The van der Waals surface area contributed by atoms with Crippen LogP contribution in [0.3, 0.4) is 0 Å². The summed E-state index contributed by atoms with van der Waals surface area (Å²) in [4.78, 5) is 30.0. The highest BCUT2D eigenvalue weighted by atomic mass is 16.5. The second-order valence-corrected chi connectivity index (χ2v) is 5.45. The Bertz CT molecular complexity index is 699. The van der Waals surface area contributed by atoms with Crippen molar-refractivity contribution >= 4 is 11.8 Å². The van der Waals surface area contributed by atoms with Gasteiger partial charge in [0.05, 0.1) is 24.4 Å². The van der Waals surface area contributed by atoms with Crippen molar-refractivity contribution in [2.75, 3.05) is 26.7 Å². The Morgan fingerprint density at radius 3 is 2.96 bits per heavy atom. The molecule has 1 saturated heterocycles. The van der Waals surface area contributed by atoms with Crippen LogP contribution in [0.15, 0.2) is 36.8 Å². The number of aromatic nitrogens is 3. The molecule has 24 heavy (non-hydrogen) atoms. The van der Waals surface area contributed by atoms with Crippen molar-refractivity contribution < 1.29 is 14.3 Å². The summed E-state index contributed by atoms with van der Waals surface area (Å²) in [6.45, 7) is 1.65. The lowest BCUT2D eigenvalue weighted by Crippen LogP contribution is -2.43. The maximum atomic E-state index is 12.4. The number of hydrogen-bond acceptors (Lipinski definition) is 5. The van der Waals surface area contributed by atoms with Crippen molar-refractivity contribution in [3.8, 4) is 0 Å². The van der Waals surface area contributed by atoms with Crippen molar-refractivity contribution in [2.45, 2.75) is 12.6 Å². The van der Waals surface area contributed by atoms with Crippen LogP contribution in [0.2, 0.25) is 0 Å². The molecule has 8 nitrogen and oxygen atoms in total. The van der Waals surface area contributed by atoms with Crippen molar-refractivity contribution in [1.29, 1.82) is 0 Å².